The van der Waals surface area contributed by atoms with Crippen LogP contribution in [0.15, 0.2) is 24.3 Å². The molecule has 2 atom stereocenters. The number of carbonyl (C=O) groups excluding carboxylic acids is 1. The van der Waals surface area contributed by atoms with Crippen LogP contribution in [0.1, 0.15) is 18.9 Å². The number of benzene rings is 1. The number of carboxylic acids is 1. The van der Waals surface area contributed by atoms with Crippen LogP contribution in [0.25, 0.3) is 0 Å². The molecule has 22 heavy (non-hydrogen) atoms. The highest BCUT2D eigenvalue weighted by Gasteiger charge is 2.63. The fraction of sp³-hybridized carbons (Fsp3) is 0.500. The van der Waals surface area contributed by atoms with Gasteiger partial charge in [0.25, 0.3) is 0 Å². The van der Waals surface area contributed by atoms with Crippen LogP contribution < -0.4 is 0 Å². The van der Waals surface area contributed by atoms with E-state index in [0.717, 1.165) is 0 Å². The normalized spacial score (nSPS) is 27.1. The first-order chi connectivity index (χ1) is 10.3. The summed E-state index contributed by atoms with van der Waals surface area (Å²) in [7, 11) is 0. The molecule has 5 nitrogen and oxygen atoms in total. The average Bonchev–Trinajstić information content (AvgIpc) is 2.71. The Morgan fingerprint density at radius 1 is 1.27 bits per heavy atom. The Labute approximate surface area is 133 Å². The van der Waals surface area contributed by atoms with Crippen molar-refractivity contribution in [3.8, 4) is 0 Å². The summed E-state index contributed by atoms with van der Waals surface area (Å²) in [5.74, 6) is -2.23. The molecule has 0 amide bonds. The van der Waals surface area contributed by atoms with Gasteiger partial charge < -0.3 is 15.3 Å². The molecule has 1 fully saturated rings. The Morgan fingerprint density at radius 2 is 1.82 bits per heavy atom. The highest BCUT2D eigenvalue weighted by molar-refractivity contribution is 6.30. The molecule has 0 saturated heterocycles. The van der Waals surface area contributed by atoms with Crippen molar-refractivity contribution >= 4 is 23.4 Å². The summed E-state index contributed by atoms with van der Waals surface area (Å²) in [5, 5.41) is 29.4. The molecule has 1 aromatic carbocycles. The second-order valence-electron chi connectivity index (χ2n) is 6.10. The number of ketones is 1. The maximum absolute atomic E-state index is 12.8. The Bertz CT molecular complexity index is 579. The van der Waals surface area contributed by atoms with Crippen molar-refractivity contribution in [3.63, 3.8) is 0 Å². The third kappa shape index (κ3) is 2.43. The van der Waals surface area contributed by atoms with E-state index in [4.69, 9.17) is 11.6 Å². The number of aliphatic hydroxyl groups excluding tert-OH is 2. The molecule has 0 aliphatic heterocycles. The van der Waals surface area contributed by atoms with Gasteiger partial charge in [0.15, 0.2) is 5.78 Å². The van der Waals surface area contributed by atoms with Gasteiger partial charge in [-0.25, -0.2) is 0 Å². The number of hydrogen-bond acceptors (Lipinski definition) is 4. The van der Waals surface area contributed by atoms with E-state index < -0.39 is 41.7 Å². The maximum Gasteiger partial charge on any atom is 0.317 e. The lowest BCUT2D eigenvalue weighted by molar-refractivity contribution is -0.156. The van der Waals surface area contributed by atoms with E-state index in [0.29, 0.717) is 10.6 Å². The summed E-state index contributed by atoms with van der Waals surface area (Å²) in [4.78, 5) is 24.7. The quantitative estimate of drug-likeness (QED) is 0.713. The molecule has 1 aromatic rings. The van der Waals surface area contributed by atoms with Crippen molar-refractivity contribution < 1.29 is 24.9 Å². The number of Topliss-reactive ketones (excluding diaryl/α,β-unsaturated/α-hetero) is 1. The molecule has 0 aromatic heterocycles. The van der Waals surface area contributed by atoms with Gasteiger partial charge in [-0.05, 0) is 36.5 Å². The molecule has 2 rings (SSSR count). The molecule has 2 unspecified atom stereocenters. The molecule has 0 radical (unpaired) electrons. The van der Waals surface area contributed by atoms with Crippen molar-refractivity contribution in [3.05, 3.63) is 34.9 Å². The topological polar surface area (TPSA) is 94.8 Å². The van der Waals surface area contributed by atoms with E-state index >= 15 is 0 Å². The third-order valence-electron chi connectivity index (χ3n) is 4.88. The smallest absolute Gasteiger partial charge is 0.317 e. The molecule has 1 saturated carbocycles. The van der Waals surface area contributed by atoms with Crippen LogP contribution in [-0.2, 0) is 16.0 Å². The van der Waals surface area contributed by atoms with Gasteiger partial charge in [-0.2, -0.15) is 0 Å². The fourth-order valence-corrected chi connectivity index (χ4v) is 3.51. The number of carbonyl (C=O) groups is 2. The number of aliphatic carboxylic acids is 1. The SMILES string of the molecule is CC1CC(Cc2ccc(Cl)cc2)(C(=O)O)C(=O)C1(CO)CO. The van der Waals surface area contributed by atoms with E-state index in [2.05, 4.69) is 0 Å². The van der Waals surface area contributed by atoms with Gasteiger partial charge in [-0.15, -0.1) is 0 Å². The first-order valence-electron chi connectivity index (χ1n) is 7.07. The van der Waals surface area contributed by atoms with E-state index in [1.54, 1.807) is 31.2 Å². The second-order valence-corrected chi connectivity index (χ2v) is 6.53. The van der Waals surface area contributed by atoms with Crippen molar-refractivity contribution in [1.82, 2.24) is 0 Å². The van der Waals surface area contributed by atoms with Crippen molar-refractivity contribution in [2.75, 3.05) is 13.2 Å². The summed E-state index contributed by atoms with van der Waals surface area (Å²) in [5.41, 5.74) is -2.34. The van der Waals surface area contributed by atoms with Crippen LogP contribution in [0.3, 0.4) is 0 Å². The second kappa shape index (κ2) is 5.99. The predicted octanol–water partition coefficient (Wildman–Crippen LogP) is 1.53. The monoisotopic (exact) mass is 326 g/mol. The Kier molecular flexibility index (Phi) is 4.61. The number of carboxylic acid groups (broad SMARTS) is 1. The van der Waals surface area contributed by atoms with Crippen LogP contribution in [-0.4, -0.2) is 40.3 Å². The molecule has 0 spiro atoms. The fourth-order valence-electron chi connectivity index (χ4n) is 3.38. The Balaban J connectivity index is 2.44. The van der Waals surface area contributed by atoms with Gasteiger partial charge in [-0.1, -0.05) is 30.7 Å². The molecule has 1 aliphatic rings. The van der Waals surface area contributed by atoms with Gasteiger partial charge in [0.2, 0.25) is 0 Å². The van der Waals surface area contributed by atoms with E-state index in [1.165, 1.54) is 0 Å². The van der Waals surface area contributed by atoms with Crippen LogP contribution in [0.4, 0.5) is 0 Å². The number of halogens is 1. The average molecular weight is 327 g/mol. The number of rotatable bonds is 5. The summed E-state index contributed by atoms with van der Waals surface area (Å²) in [6.07, 6.45) is 0.106. The summed E-state index contributed by atoms with van der Waals surface area (Å²) < 4.78 is 0. The van der Waals surface area contributed by atoms with E-state index in [-0.39, 0.29) is 12.8 Å². The van der Waals surface area contributed by atoms with E-state index in [9.17, 15) is 24.9 Å². The van der Waals surface area contributed by atoms with Gasteiger partial charge in [0.05, 0.1) is 18.6 Å². The van der Waals surface area contributed by atoms with Gasteiger partial charge in [-0.3, -0.25) is 9.59 Å². The lowest BCUT2D eigenvalue weighted by Gasteiger charge is -2.29. The predicted molar refractivity (Wildman–Crippen MR) is 80.6 cm³/mol. The minimum absolute atomic E-state index is 0.0183. The zero-order chi connectivity index (χ0) is 16.5. The van der Waals surface area contributed by atoms with Gasteiger partial charge in [0, 0.05) is 5.02 Å². The standard InChI is InChI=1S/C16H19ClO5/c1-10-6-15(14(21)22,13(20)16(10,8-18)9-19)7-11-2-4-12(17)5-3-11/h2-5,10,18-19H,6-9H2,1H3,(H,21,22). The van der Waals surface area contributed by atoms with Crippen LogP contribution in [0.5, 0.6) is 0 Å². The first-order valence-corrected chi connectivity index (χ1v) is 7.44. The molecule has 120 valence electrons. The number of hydrogen-bond donors (Lipinski definition) is 3. The minimum Gasteiger partial charge on any atom is -0.480 e. The lowest BCUT2D eigenvalue weighted by atomic mass is 9.74. The molecule has 6 heteroatoms. The molecule has 0 bridgehead atoms. The third-order valence-corrected chi connectivity index (χ3v) is 5.13. The molecular weight excluding hydrogens is 308 g/mol. The molecule has 0 heterocycles. The summed E-state index contributed by atoms with van der Waals surface area (Å²) in [6, 6.07) is 6.65. The zero-order valence-corrected chi connectivity index (χ0v) is 13.0. The van der Waals surface area contributed by atoms with Gasteiger partial charge in [0.1, 0.15) is 5.41 Å². The highest BCUT2D eigenvalue weighted by Crippen LogP contribution is 2.51. The van der Waals surface area contributed by atoms with Crippen molar-refractivity contribution in [2.24, 2.45) is 16.7 Å². The summed E-state index contributed by atoms with van der Waals surface area (Å²) in [6.45, 7) is 0.579. The van der Waals surface area contributed by atoms with E-state index in [1.807, 2.05) is 0 Å². The zero-order valence-electron chi connectivity index (χ0n) is 12.3. The Hall–Kier alpha value is -1.43. The Morgan fingerprint density at radius 3 is 2.23 bits per heavy atom. The van der Waals surface area contributed by atoms with Gasteiger partial charge >= 0.3 is 5.97 Å². The minimum atomic E-state index is -1.63. The van der Waals surface area contributed by atoms with Crippen molar-refractivity contribution in [1.29, 1.82) is 0 Å². The number of aliphatic hydroxyl groups is 2. The maximum atomic E-state index is 12.8. The highest BCUT2D eigenvalue weighted by atomic mass is 35.5. The molecule has 1 aliphatic carbocycles. The van der Waals surface area contributed by atoms with Crippen LogP contribution >= 0.6 is 11.6 Å². The molecular formula is C16H19ClO5. The largest absolute Gasteiger partial charge is 0.480 e. The summed E-state index contributed by atoms with van der Waals surface area (Å²) >= 11 is 5.82. The first kappa shape index (κ1) is 16.9. The lowest BCUT2D eigenvalue weighted by Crippen LogP contribution is -2.46. The van der Waals surface area contributed by atoms with Crippen molar-refractivity contribution in [2.45, 2.75) is 19.8 Å². The van der Waals surface area contributed by atoms with Crippen LogP contribution in [0, 0.1) is 16.7 Å². The molecule has 3 N–H and O–H groups in total. The van der Waals surface area contributed by atoms with Crippen LogP contribution in [0.2, 0.25) is 5.02 Å².